The molecule has 1 aromatic carbocycles. The molecule has 2 N–H and O–H groups in total. The van der Waals surface area contributed by atoms with E-state index in [-0.39, 0.29) is 24.9 Å². The number of carbonyl (C=O) groups is 2. The molecule has 0 bridgehead atoms. The van der Waals surface area contributed by atoms with E-state index >= 15 is 0 Å². The molecule has 1 unspecified atom stereocenters. The number of nitrogens with zero attached hydrogens (tertiary/aromatic N) is 4. The third-order valence-electron chi connectivity index (χ3n) is 4.12. The van der Waals surface area contributed by atoms with Crippen LogP contribution in [0, 0.1) is 5.92 Å². The molecule has 1 aliphatic heterocycles. The summed E-state index contributed by atoms with van der Waals surface area (Å²) in [5.41, 5.74) is 1.17. The van der Waals surface area contributed by atoms with Gasteiger partial charge in [0.2, 0.25) is 5.91 Å². The van der Waals surface area contributed by atoms with E-state index in [0.29, 0.717) is 35.9 Å². The van der Waals surface area contributed by atoms with Crippen molar-refractivity contribution in [3.8, 4) is 5.69 Å². The lowest BCUT2D eigenvalue weighted by atomic mass is 9.98. The fraction of sp³-hybridized carbons (Fsp3) is 0.375. The number of aliphatic carboxylic acids is 1. The molecule has 10 heteroatoms. The van der Waals surface area contributed by atoms with E-state index in [2.05, 4.69) is 15.4 Å². The van der Waals surface area contributed by atoms with Gasteiger partial charge >= 0.3 is 5.97 Å². The maximum absolute atomic E-state index is 12.4. The van der Waals surface area contributed by atoms with E-state index in [0.717, 1.165) is 6.42 Å². The van der Waals surface area contributed by atoms with Crippen LogP contribution < -0.4 is 5.32 Å². The summed E-state index contributed by atoms with van der Waals surface area (Å²) in [6.07, 6.45) is 4.35. The van der Waals surface area contributed by atoms with E-state index in [1.165, 1.54) is 17.3 Å². The Hall–Kier alpha value is -2.16. The van der Waals surface area contributed by atoms with Crippen LogP contribution in [0.4, 0.5) is 5.69 Å². The van der Waals surface area contributed by atoms with Crippen LogP contribution in [0.25, 0.3) is 5.69 Å². The van der Waals surface area contributed by atoms with Gasteiger partial charge in [0.15, 0.2) is 0 Å². The second-order valence-electron chi connectivity index (χ2n) is 5.96. The highest BCUT2D eigenvalue weighted by Crippen LogP contribution is 2.24. The molecule has 26 heavy (non-hydrogen) atoms. The Morgan fingerprint density at radius 3 is 2.88 bits per heavy atom. The topological polar surface area (TPSA) is 100 Å². The van der Waals surface area contributed by atoms with Crippen molar-refractivity contribution in [1.29, 1.82) is 0 Å². The number of amides is 1. The average molecular weight is 400 g/mol. The van der Waals surface area contributed by atoms with E-state index < -0.39 is 11.9 Å². The fourth-order valence-corrected chi connectivity index (χ4v) is 3.11. The largest absolute Gasteiger partial charge is 0.481 e. The number of rotatable bonds is 5. The number of benzene rings is 1. The van der Waals surface area contributed by atoms with Crippen molar-refractivity contribution in [2.75, 3.05) is 25.0 Å². The molecule has 2 aromatic rings. The molecule has 3 rings (SSSR count). The predicted octanol–water partition coefficient (Wildman–Crippen LogP) is 2.08. The first-order chi connectivity index (χ1) is 12.0. The molecular weight excluding hydrogens is 381 g/mol. The number of nitrogens with one attached hydrogen (secondary N) is 1. The summed E-state index contributed by atoms with van der Waals surface area (Å²) in [6.45, 7) is 1.23. The van der Waals surface area contributed by atoms with Crippen molar-refractivity contribution >= 4 is 41.6 Å². The summed E-state index contributed by atoms with van der Waals surface area (Å²) in [7, 11) is 0. The fourth-order valence-electron chi connectivity index (χ4n) is 2.93. The normalized spacial score (nSPS) is 17.3. The molecule has 1 amide bonds. The van der Waals surface area contributed by atoms with Crippen molar-refractivity contribution in [2.24, 2.45) is 5.92 Å². The maximum Gasteiger partial charge on any atom is 0.307 e. The van der Waals surface area contributed by atoms with Crippen LogP contribution in [0.1, 0.15) is 12.8 Å². The Kier molecular flexibility index (Phi) is 6.96. The zero-order chi connectivity index (χ0) is 17.8. The van der Waals surface area contributed by atoms with E-state index in [1.807, 2.05) is 4.90 Å². The lowest BCUT2D eigenvalue weighted by molar-refractivity contribution is -0.144. The van der Waals surface area contributed by atoms with Crippen LogP contribution in [0.15, 0.2) is 30.9 Å². The number of aromatic nitrogens is 3. The third-order valence-corrected chi connectivity index (χ3v) is 4.36. The summed E-state index contributed by atoms with van der Waals surface area (Å²) in [5, 5.41) is 16.5. The molecule has 0 aliphatic carbocycles. The smallest absolute Gasteiger partial charge is 0.307 e. The Balaban J connectivity index is 0.00000243. The summed E-state index contributed by atoms with van der Waals surface area (Å²) in [6, 6.07) is 5.09. The predicted molar refractivity (Wildman–Crippen MR) is 99.0 cm³/mol. The molecule has 1 saturated heterocycles. The van der Waals surface area contributed by atoms with Crippen LogP contribution in [0.2, 0.25) is 5.02 Å². The minimum atomic E-state index is -0.812. The Morgan fingerprint density at radius 2 is 2.19 bits per heavy atom. The molecule has 140 valence electrons. The number of hydrogen-bond acceptors (Lipinski definition) is 5. The number of hydrogen-bond donors (Lipinski definition) is 2. The second kappa shape index (κ2) is 8.98. The van der Waals surface area contributed by atoms with Crippen molar-refractivity contribution < 1.29 is 14.7 Å². The van der Waals surface area contributed by atoms with Crippen molar-refractivity contribution in [2.45, 2.75) is 12.8 Å². The molecule has 1 aliphatic rings. The van der Waals surface area contributed by atoms with Gasteiger partial charge in [-0.15, -0.1) is 12.4 Å². The van der Waals surface area contributed by atoms with Gasteiger partial charge in [0.1, 0.15) is 12.7 Å². The van der Waals surface area contributed by atoms with E-state index in [4.69, 9.17) is 16.7 Å². The second-order valence-corrected chi connectivity index (χ2v) is 6.40. The first-order valence-electron chi connectivity index (χ1n) is 7.92. The summed E-state index contributed by atoms with van der Waals surface area (Å²) in [4.78, 5) is 29.3. The molecule has 8 nitrogen and oxygen atoms in total. The Labute approximate surface area is 161 Å². The molecule has 0 spiro atoms. The number of likely N-dealkylation sites (tertiary alicyclic amines) is 1. The Bertz CT molecular complexity index is 769. The number of piperidine rings is 1. The number of carboxylic acids is 1. The lowest BCUT2D eigenvalue weighted by Crippen LogP contribution is -2.42. The van der Waals surface area contributed by atoms with Gasteiger partial charge in [0, 0.05) is 11.6 Å². The first kappa shape index (κ1) is 20.2. The van der Waals surface area contributed by atoms with E-state index in [1.54, 1.807) is 18.2 Å². The van der Waals surface area contributed by atoms with Gasteiger partial charge in [-0.05, 0) is 37.6 Å². The van der Waals surface area contributed by atoms with Crippen LogP contribution in [0.3, 0.4) is 0 Å². The SMILES string of the molecule is Cl.O=C(CN1CCCC(C(=O)O)C1)Nc1cc(Cl)ccc1-n1cncn1. The van der Waals surface area contributed by atoms with Crippen molar-refractivity contribution in [3.63, 3.8) is 0 Å². The lowest BCUT2D eigenvalue weighted by Gasteiger charge is -2.30. The number of carboxylic acid groups (broad SMARTS) is 1. The zero-order valence-electron chi connectivity index (χ0n) is 13.8. The molecule has 1 aromatic heterocycles. The van der Waals surface area contributed by atoms with Gasteiger partial charge in [-0.3, -0.25) is 14.5 Å². The van der Waals surface area contributed by atoms with Crippen LogP contribution in [0.5, 0.6) is 0 Å². The summed E-state index contributed by atoms with van der Waals surface area (Å²) >= 11 is 6.04. The molecular formula is C16H19Cl2N5O3. The monoisotopic (exact) mass is 399 g/mol. The highest BCUT2D eigenvalue weighted by atomic mass is 35.5. The number of anilines is 1. The molecule has 0 saturated carbocycles. The first-order valence-corrected chi connectivity index (χ1v) is 8.30. The molecule has 2 heterocycles. The van der Waals surface area contributed by atoms with Gasteiger partial charge in [0.25, 0.3) is 0 Å². The standard InChI is InChI=1S/C16H18ClN5O3.ClH/c17-12-3-4-14(22-10-18-9-19-22)13(6-12)20-15(23)8-21-5-1-2-11(7-21)16(24)25;/h3-4,6,9-11H,1-2,5,7-8H2,(H,20,23)(H,24,25);1H. The molecule has 1 atom stereocenters. The molecule has 1 fully saturated rings. The van der Waals surface area contributed by atoms with E-state index in [9.17, 15) is 9.59 Å². The van der Waals surface area contributed by atoms with Crippen LogP contribution >= 0.6 is 24.0 Å². The third kappa shape index (κ3) is 4.94. The number of halogens is 2. The average Bonchev–Trinajstić information content (AvgIpc) is 3.09. The highest BCUT2D eigenvalue weighted by molar-refractivity contribution is 6.31. The van der Waals surface area contributed by atoms with Crippen LogP contribution in [-0.4, -0.2) is 56.3 Å². The molecule has 0 radical (unpaired) electrons. The zero-order valence-corrected chi connectivity index (χ0v) is 15.4. The summed E-state index contributed by atoms with van der Waals surface area (Å²) in [5.74, 6) is -1.46. The van der Waals surface area contributed by atoms with Gasteiger partial charge in [-0.25, -0.2) is 9.67 Å². The summed E-state index contributed by atoms with van der Waals surface area (Å²) < 4.78 is 1.54. The van der Waals surface area contributed by atoms with Gasteiger partial charge in [-0.2, -0.15) is 5.10 Å². The van der Waals surface area contributed by atoms with Gasteiger partial charge in [-0.1, -0.05) is 11.6 Å². The van der Waals surface area contributed by atoms with Crippen LogP contribution in [-0.2, 0) is 9.59 Å². The maximum atomic E-state index is 12.4. The highest BCUT2D eigenvalue weighted by Gasteiger charge is 2.26. The van der Waals surface area contributed by atoms with Gasteiger partial charge < -0.3 is 10.4 Å². The number of carbonyl (C=O) groups excluding carboxylic acids is 1. The minimum Gasteiger partial charge on any atom is -0.481 e. The van der Waals surface area contributed by atoms with Crippen molar-refractivity contribution in [1.82, 2.24) is 19.7 Å². The van der Waals surface area contributed by atoms with Crippen molar-refractivity contribution in [3.05, 3.63) is 35.9 Å². The Morgan fingerprint density at radius 1 is 1.38 bits per heavy atom. The van der Waals surface area contributed by atoms with Gasteiger partial charge in [0.05, 0.1) is 23.8 Å². The minimum absolute atomic E-state index is 0. The quantitative estimate of drug-likeness (QED) is 0.797.